The molecule has 2 aliphatic rings. The van der Waals surface area contributed by atoms with Gasteiger partial charge in [-0.3, -0.25) is 4.79 Å². The fourth-order valence-electron chi connectivity index (χ4n) is 4.04. The Morgan fingerprint density at radius 2 is 1.83 bits per heavy atom. The normalized spacial score (nSPS) is 25.9. The lowest BCUT2D eigenvalue weighted by molar-refractivity contribution is 0.0745. The SMILES string of the molecule is Cc1nc(C)c(C(=O)N2CC(CO)C(CN3CCCCCC3)C2)o1. The maximum Gasteiger partial charge on any atom is 0.291 e. The van der Waals surface area contributed by atoms with Crippen LogP contribution in [-0.4, -0.2) is 65.1 Å². The number of carbonyl (C=O) groups is 1. The van der Waals surface area contributed by atoms with Crippen LogP contribution in [0.1, 0.15) is 47.8 Å². The molecule has 0 spiro atoms. The molecule has 2 fully saturated rings. The van der Waals surface area contributed by atoms with Crippen molar-refractivity contribution in [2.75, 3.05) is 39.3 Å². The molecule has 2 aliphatic heterocycles. The first-order valence-corrected chi connectivity index (χ1v) is 9.15. The van der Waals surface area contributed by atoms with Gasteiger partial charge in [0, 0.05) is 39.1 Å². The lowest BCUT2D eigenvalue weighted by Crippen LogP contribution is -2.35. The standard InChI is InChI=1S/C18H29N3O3/c1-13-17(24-14(2)19-13)18(23)21-10-15(16(11-21)12-22)9-20-7-5-3-4-6-8-20/h15-16,22H,3-12H2,1-2H3. The van der Waals surface area contributed by atoms with E-state index in [0.29, 0.717) is 36.4 Å². The minimum atomic E-state index is -0.0927. The number of nitrogens with zero attached hydrogens (tertiary/aromatic N) is 3. The Balaban J connectivity index is 1.65. The Morgan fingerprint density at radius 3 is 2.42 bits per heavy atom. The molecule has 1 aromatic heterocycles. The summed E-state index contributed by atoms with van der Waals surface area (Å²) in [7, 11) is 0. The first-order valence-electron chi connectivity index (χ1n) is 9.15. The molecule has 6 heteroatoms. The molecule has 24 heavy (non-hydrogen) atoms. The number of carbonyl (C=O) groups excluding carboxylic acids is 1. The number of hydrogen-bond acceptors (Lipinski definition) is 5. The molecule has 2 atom stereocenters. The molecule has 0 saturated carbocycles. The molecule has 0 aliphatic carbocycles. The second kappa shape index (κ2) is 7.66. The van der Waals surface area contributed by atoms with Crippen LogP contribution in [0.25, 0.3) is 0 Å². The second-order valence-electron chi connectivity index (χ2n) is 7.28. The predicted molar refractivity (Wildman–Crippen MR) is 90.9 cm³/mol. The van der Waals surface area contributed by atoms with E-state index in [2.05, 4.69) is 9.88 Å². The molecular formula is C18H29N3O3. The molecular weight excluding hydrogens is 306 g/mol. The molecule has 2 saturated heterocycles. The van der Waals surface area contributed by atoms with E-state index in [1.54, 1.807) is 13.8 Å². The molecule has 1 N–H and O–H groups in total. The van der Waals surface area contributed by atoms with Crippen molar-refractivity contribution < 1.29 is 14.3 Å². The van der Waals surface area contributed by atoms with E-state index in [-0.39, 0.29) is 18.4 Å². The van der Waals surface area contributed by atoms with E-state index in [4.69, 9.17) is 4.42 Å². The first kappa shape index (κ1) is 17.4. The van der Waals surface area contributed by atoms with Gasteiger partial charge < -0.3 is 19.3 Å². The molecule has 1 aromatic rings. The molecule has 1 amide bonds. The number of aromatic nitrogens is 1. The maximum atomic E-state index is 12.7. The van der Waals surface area contributed by atoms with Gasteiger partial charge in [0.25, 0.3) is 5.91 Å². The summed E-state index contributed by atoms with van der Waals surface area (Å²) in [5.41, 5.74) is 0.647. The van der Waals surface area contributed by atoms with Crippen molar-refractivity contribution in [1.82, 2.24) is 14.8 Å². The average molecular weight is 335 g/mol. The lowest BCUT2D eigenvalue weighted by Gasteiger charge is -2.26. The van der Waals surface area contributed by atoms with E-state index in [9.17, 15) is 9.90 Å². The summed E-state index contributed by atoms with van der Waals surface area (Å²) in [5, 5.41) is 9.76. The summed E-state index contributed by atoms with van der Waals surface area (Å²) in [6.07, 6.45) is 5.16. The van der Waals surface area contributed by atoms with Gasteiger partial charge in [-0.2, -0.15) is 0 Å². The topological polar surface area (TPSA) is 69.8 Å². The Morgan fingerprint density at radius 1 is 1.17 bits per heavy atom. The number of aliphatic hydroxyl groups is 1. The van der Waals surface area contributed by atoms with E-state index < -0.39 is 0 Å². The zero-order chi connectivity index (χ0) is 17.1. The fraction of sp³-hybridized carbons (Fsp3) is 0.778. The molecule has 134 valence electrons. The van der Waals surface area contributed by atoms with Crippen LogP contribution in [0, 0.1) is 25.7 Å². The Hall–Kier alpha value is -1.40. The van der Waals surface area contributed by atoms with Gasteiger partial charge in [0.1, 0.15) is 0 Å². The summed E-state index contributed by atoms with van der Waals surface area (Å²) < 4.78 is 5.48. The molecule has 6 nitrogen and oxygen atoms in total. The minimum absolute atomic E-state index is 0.0927. The smallest absolute Gasteiger partial charge is 0.291 e. The van der Waals surface area contributed by atoms with Crippen molar-refractivity contribution >= 4 is 5.91 Å². The van der Waals surface area contributed by atoms with Crippen LogP contribution in [-0.2, 0) is 0 Å². The van der Waals surface area contributed by atoms with Crippen molar-refractivity contribution in [3.8, 4) is 0 Å². The number of rotatable bonds is 4. The highest BCUT2D eigenvalue weighted by Crippen LogP contribution is 2.27. The van der Waals surface area contributed by atoms with Gasteiger partial charge in [0.2, 0.25) is 5.76 Å². The van der Waals surface area contributed by atoms with Crippen molar-refractivity contribution in [1.29, 1.82) is 0 Å². The molecule has 3 rings (SSSR count). The minimum Gasteiger partial charge on any atom is -0.436 e. The van der Waals surface area contributed by atoms with Gasteiger partial charge in [0.05, 0.1) is 5.69 Å². The predicted octanol–water partition coefficient (Wildman–Crippen LogP) is 1.85. The number of amides is 1. The summed E-state index contributed by atoms with van der Waals surface area (Å²) >= 11 is 0. The molecule has 3 heterocycles. The fourth-order valence-corrected chi connectivity index (χ4v) is 4.04. The second-order valence-corrected chi connectivity index (χ2v) is 7.28. The summed E-state index contributed by atoms with van der Waals surface area (Å²) in [6.45, 7) is 8.25. The molecule has 0 radical (unpaired) electrons. The van der Waals surface area contributed by atoms with Gasteiger partial charge in [-0.05, 0) is 38.8 Å². The van der Waals surface area contributed by atoms with E-state index >= 15 is 0 Å². The highest BCUT2D eigenvalue weighted by atomic mass is 16.4. The zero-order valence-electron chi connectivity index (χ0n) is 14.8. The Bertz CT molecular complexity index is 564. The van der Waals surface area contributed by atoms with Crippen LogP contribution in [0.4, 0.5) is 0 Å². The highest BCUT2D eigenvalue weighted by molar-refractivity contribution is 5.92. The summed E-state index contributed by atoms with van der Waals surface area (Å²) in [4.78, 5) is 21.3. The van der Waals surface area contributed by atoms with Crippen LogP contribution >= 0.6 is 0 Å². The zero-order valence-corrected chi connectivity index (χ0v) is 14.8. The third-order valence-corrected chi connectivity index (χ3v) is 5.39. The van der Waals surface area contributed by atoms with Gasteiger partial charge in [-0.25, -0.2) is 4.98 Å². The van der Waals surface area contributed by atoms with Gasteiger partial charge in [-0.1, -0.05) is 12.8 Å². The van der Waals surface area contributed by atoms with Crippen LogP contribution in [0.15, 0.2) is 4.42 Å². The van der Waals surface area contributed by atoms with Crippen LogP contribution in [0.2, 0.25) is 0 Å². The van der Waals surface area contributed by atoms with Crippen LogP contribution in [0.3, 0.4) is 0 Å². The quantitative estimate of drug-likeness (QED) is 0.909. The maximum absolute atomic E-state index is 12.7. The van der Waals surface area contributed by atoms with E-state index in [1.165, 1.54) is 25.7 Å². The molecule has 0 aromatic carbocycles. The Labute approximate surface area is 143 Å². The monoisotopic (exact) mass is 335 g/mol. The number of likely N-dealkylation sites (tertiary alicyclic amines) is 2. The number of aryl methyl sites for hydroxylation is 2. The first-order chi connectivity index (χ1) is 11.6. The van der Waals surface area contributed by atoms with Gasteiger partial charge >= 0.3 is 0 Å². The number of oxazole rings is 1. The van der Waals surface area contributed by atoms with E-state index in [1.807, 2.05) is 4.90 Å². The summed E-state index contributed by atoms with van der Waals surface area (Å²) in [5.74, 6) is 1.27. The van der Waals surface area contributed by atoms with Crippen molar-refractivity contribution in [2.24, 2.45) is 11.8 Å². The van der Waals surface area contributed by atoms with Gasteiger partial charge in [0.15, 0.2) is 5.89 Å². The summed E-state index contributed by atoms with van der Waals surface area (Å²) in [6, 6.07) is 0. The van der Waals surface area contributed by atoms with Crippen molar-refractivity contribution in [3.63, 3.8) is 0 Å². The average Bonchev–Trinajstić information content (AvgIpc) is 3.00. The third-order valence-electron chi connectivity index (χ3n) is 5.39. The van der Waals surface area contributed by atoms with Crippen molar-refractivity contribution in [2.45, 2.75) is 39.5 Å². The van der Waals surface area contributed by atoms with Gasteiger partial charge in [-0.15, -0.1) is 0 Å². The van der Waals surface area contributed by atoms with Crippen LogP contribution in [0.5, 0.6) is 0 Å². The largest absolute Gasteiger partial charge is 0.436 e. The molecule has 0 bridgehead atoms. The number of hydrogen-bond donors (Lipinski definition) is 1. The third kappa shape index (κ3) is 3.81. The highest BCUT2D eigenvalue weighted by Gasteiger charge is 2.37. The number of aliphatic hydroxyl groups excluding tert-OH is 1. The van der Waals surface area contributed by atoms with Crippen LogP contribution < -0.4 is 0 Å². The Kier molecular flexibility index (Phi) is 5.56. The molecule has 2 unspecified atom stereocenters. The van der Waals surface area contributed by atoms with Crippen molar-refractivity contribution in [3.05, 3.63) is 17.3 Å². The van der Waals surface area contributed by atoms with E-state index in [0.717, 1.165) is 19.6 Å². The lowest BCUT2D eigenvalue weighted by atomic mass is 9.96.